The highest BCUT2D eigenvalue weighted by Crippen LogP contribution is 2.54. The van der Waals surface area contributed by atoms with Crippen molar-refractivity contribution in [2.24, 2.45) is 5.92 Å². The van der Waals surface area contributed by atoms with E-state index in [4.69, 9.17) is 9.47 Å². The maximum absolute atomic E-state index is 14.0. The average molecular weight is 671 g/mol. The maximum Gasteiger partial charge on any atom is 0.305 e. The lowest BCUT2D eigenvalue weighted by atomic mass is 9.82. The predicted molar refractivity (Wildman–Crippen MR) is 160 cm³/mol. The van der Waals surface area contributed by atoms with Crippen molar-refractivity contribution in [3.63, 3.8) is 0 Å². The summed E-state index contributed by atoms with van der Waals surface area (Å²) in [4.78, 5) is 57.2. The van der Waals surface area contributed by atoms with Gasteiger partial charge in [0.25, 0.3) is 5.91 Å². The molecule has 4 aromatic rings. The zero-order chi connectivity index (χ0) is 29.5. The van der Waals surface area contributed by atoms with E-state index in [9.17, 15) is 23.6 Å². The molecule has 3 amide bonds. The Bertz CT molecular complexity index is 1760. The minimum Gasteiger partial charge on any atom is -0.497 e. The van der Waals surface area contributed by atoms with Gasteiger partial charge >= 0.3 is 4.87 Å². The molecule has 0 saturated carbocycles. The second-order valence-corrected chi connectivity index (χ2v) is 12.6. The fourth-order valence-electron chi connectivity index (χ4n) is 5.11. The molecular weight excluding hydrogens is 649 g/mol. The van der Waals surface area contributed by atoms with Crippen molar-refractivity contribution in [3.05, 3.63) is 97.1 Å². The summed E-state index contributed by atoms with van der Waals surface area (Å²) >= 11 is 5.64. The molecule has 42 heavy (non-hydrogen) atoms. The first kappa shape index (κ1) is 28.2. The van der Waals surface area contributed by atoms with Crippen LogP contribution in [0.2, 0.25) is 0 Å². The lowest BCUT2D eigenvalue weighted by Crippen LogP contribution is -2.32. The Labute approximate surface area is 255 Å². The van der Waals surface area contributed by atoms with Crippen molar-refractivity contribution in [1.29, 1.82) is 0 Å². The van der Waals surface area contributed by atoms with Crippen LogP contribution in [0.5, 0.6) is 11.5 Å². The molecule has 6 rings (SSSR count). The Hall–Kier alpha value is -3.94. The monoisotopic (exact) mass is 669 g/mol. The number of thioether (sulfide) groups is 1. The summed E-state index contributed by atoms with van der Waals surface area (Å²) < 4.78 is 25.1. The zero-order valence-electron chi connectivity index (χ0n) is 21.8. The average Bonchev–Trinajstić information content (AvgIpc) is 3.47. The molecule has 214 valence electrons. The third-order valence-corrected chi connectivity index (χ3v) is 9.84. The van der Waals surface area contributed by atoms with Gasteiger partial charge in [0.1, 0.15) is 22.6 Å². The van der Waals surface area contributed by atoms with E-state index in [0.29, 0.717) is 42.8 Å². The van der Waals surface area contributed by atoms with Gasteiger partial charge in [0.05, 0.1) is 23.7 Å². The van der Waals surface area contributed by atoms with Crippen LogP contribution in [0.1, 0.15) is 16.4 Å². The molecule has 1 saturated heterocycles. The van der Waals surface area contributed by atoms with Gasteiger partial charge < -0.3 is 19.8 Å². The van der Waals surface area contributed by atoms with Gasteiger partial charge in [0.15, 0.2) is 6.61 Å². The number of carbonyl (C=O) groups excluding carboxylic acids is 3. The van der Waals surface area contributed by atoms with Crippen molar-refractivity contribution >= 4 is 68.1 Å². The SMILES string of the molecule is COc1ccc(N2C(=O)C3Sc4[nH]c(=O)sc4C(c4cc(Br)ccc4OCC(=O)Nc4ccc(F)cc4)C3C2=O)cc1. The number of halogens is 2. The maximum atomic E-state index is 14.0. The number of nitrogens with one attached hydrogen (secondary N) is 2. The molecule has 1 fully saturated rings. The van der Waals surface area contributed by atoms with Crippen molar-refractivity contribution in [2.45, 2.75) is 16.2 Å². The molecule has 1 aromatic heterocycles. The molecule has 2 aliphatic heterocycles. The van der Waals surface area contributed by atoms with E-state index in [1.54, 1.807) is 42.5 Å². The molecule has 3 heterocycles. The number of aromatic amines is 1. The van der Waals surface area contributed by atoms with Crippen molar-refractivity contribution in [1.82, 2.24) is 4.98 Å². The summed E-state index contributed by atoms with van der Waals surface area (Å²) in [6.07, 6.45) is 0. The Morgan fingerprint density at radius 2 is 1.79 bits per heavy atom. The van der Waals surface area contributed by atoms with Crippen LogP contribution >= 0.6 is 39.0 Å². The first-order valence-electron chi connectivity index (χ1n) is 12.6. The number of fused-ring (bicyclic) bond motifs is 2. The number of hydrogen-bond donors (Lipinski definition) is 2. The third-order valence-electron chi connectivity index (χ3n) is 6.95. The number of aromatic nitrogens is 1. The van der Waals surface area contributed by atoms with Crippen molar-refractivity contribution in [2.75, 3.05) is 23.9 Å². The van der Waals surface area contributed by atoms with Crippen LogP contribution < -0.4 is 24.6 Å². The van der Waals surface area contributed by atoms with Crippen LogP contribution in [0.15, 0.2) is 81.0 Å². The lowest BCUT2D eigenvalue weighted by Gasteiger charge is -2.31. The molecule has 0 spiro atoms. The molecular formula is C29H21BrFN3O6S2. The summed E-state index contributed by atoms with van der Waals surface area (Å²) in [6, 6.07) is 17.2. The summed E-state index contributed by atoms with van der Waals surface area (Å²) in [5.74, 6) is -2.34. The number of benzene rings is 3. The van der Waals surface area contributed by atoms with Gasteiger partial charge in [-0.05, 0) is 66.7 Å². The summed E-state index contributed by atoms with van der Waals surface area (Å²) in [7, 11) is 1.53. The molecule has 0 radical (unpaired) electrons. The van der Waals surface area contributed by atoms with Gasteiger partial charge in [0.2, 0.25) is 11.8 Å². The standard InChI is InChI=1S/C29H21BrFN3O6S2/c1-39-18-9-7-17(8-10-18)34-27(36)23-22(24-26(33-29(38)42-24)41-25(23)28(34)37)19-12-14(30)2-11-20(19)40-13-21(35)32-16-5-3-15(31)4-6-16/h2-12,22-23,25H,13H2,1H3,(H,32,35)(H,33,38). The number of imide groups is 1. The number of carbonyl (C=O) groups is 3. The Kier molecular flexibility index (Phi) is 7.64. The number of amides is 3. The van der Waals surface area contributed by atoms with Gasteiger partial charge in [-0.1, -0.05) is 39.0 Å². The number of nitrogens with zero attached hydrogens (tertiary/aromatic N) is 1. The normalized spacial score (nSPS) is 19.3. The topological polar surface area (TPSA) is 118 Å². The van der Waals surface area contributed by atoms with Crippen molar-refractivity contribution in [3.8, 4) is 11.5 Å². The Morgan fingerprint density at radius 1 is 1.05 bits per heavy atom. The highest BCUT2D eigenvalue weighted by atomic mass is 79.9. The highest BCUT2D eigenvalue weighted by Gasteiger charge is 2.56. The number of anilines is 2. The molecule has 13 heteroatoms. The largest absolute Gasteiger partial charge is 0.497 e. The van der Waals surface area contributed by atoms with E-state index in [0.717, 1.165) is 11.3 Å². The van der Waals surface area contributed by atoms with Crippen molar-refractivity contribution < 1.29 is 28.2 Å². The number of thiazole rings is 1. The number of ether oxygens (including phenoxy) is 2. The number of methoxy groups -OCH3 is 1. The van der Waals surface area contributed by atoms with Gasteiger partial charge in [-0.3, -0.25) is 19.2 Å². The van der Waals surface area contributed by atoms with E-state index in [1.807, 2.05) is 0 Å². The van der Waals surface area contributed by atoms with Crippen LogP contribution in [-0.4, -0.2) is 41.7 Å². The fraction of sp³-hybridized carbons (Fsp3) is 0.172. The minimum absolute atomic E-state index is 0.305. The number of rotatable bonds is 7. The van der Waals surface area contributed by atoms with Gasteiger partial charge in [-0.2, -0.15) is 0 Å². The highest BCUT2D eigenvalue weighted by molar-refractivity contribution is 9.10. The van der Waals surface area contributed by atoms with E-state index in [2.05, 4.69) is 26.2 Å². The first-order chi connectivity index (χ1) is 20.2. The number of hydrogen-bond acceptors (Lipinski definition) is 8. The van der Waals surface area contributed by atoms with Gasteiger partial charge in [-0.15, -0.1) is 0 Å². The molecule has 2 aliphatic rings. The van der Waals surface area contributed by atoms with Crippen LogP contribution in [0, 0.1) is 11.7 Å². The molecule has 3 aromatic carbocycles. The first-order valence-corrected chi connectivity index (χ1v) is 15.1. The number of H-pyrrole nitrogens is 1. The smallest absolute Gasteiger partial charge is 0.305 e. The van der Waals surface area contributed by atoms with Crippen LogP contribution in [0.25, 0.3) is 0 Å². The molecule has 2 N–H and O–H groups in total. The third kappa shape index (κ3) is 5.23. The van der Waals surface area contributed by atoms with E-state index >= 15 is 0 Å². The second-order valence-electron chi connectivity index (χ2n) is 9.49. The molecule has 3 atom stereocenters. The van der Waals surface area contributed by atoms with Gasteiger partial charge in [0, 0.05) is 26.5 Å². The zero-order valence-corrected chi connectivity index (χ0v) is 25.0. The van der Waals surface area contributed by atoms with Gasteiger partial charge in [-0.25, -0.2) is 9.29 Å². The second kappa shape index (κ2) is 11.4. The minimum atomic E-state index is -0.840. The molecule has 0 aliphatic carbocycles. The van der Waals surface area contributed by atoms with Crippen LogP contribution in [0.4, 0.5) is 15.8 Å². The fourth-order valence-corrected chi connectivity index (χ4v) is 7.99. The Morgan fingerprint density at radius 3 is 2.50 bits per heavy atom. The molecule has 3 unspecified atom stereocenters. The van der Waals surface area contributed by atoms with Crippen LogP contribution in [-0.2, 0) is 14.4 Å². The summed E-state index contributed by atoms with van der Waals surface area (Å²) in [5.41, 5.74) is 1.37. The van der Waals surface area contributed by atoms with Crippen LogP contribution in [0.3, 0.4) is 0 Å². The predicted octanol–water partition coefficient (Wildman–Crippen LogP) is 5.16. The van der Waals surface area contributed by atoms with E-state index in [1.165, 1.54) is 48.0 Å². The lowest BCUT2D eigenvalue weighted by molar-refractivity contribution is -0.122. The van der Waals surface area contributed by atoms with E-state index in [-0.39, 0.29) is 17.4 Å². The molecule has 0 bridgehead atoms. The molecule has 9 nitrogen and oxygen atoms in total. The van der Waals surface area contributed by atoms with E-state index < -0.39 is 34.7 Å². The Balaban J connectivity index is 1.35. The summed E-state index contributed by atoms with van der Waals surface area (Å²) in [6.45, 7) is -0.372. The summed E-state index contributed by atoms with van der Waals surface area (Å²) in [5, 5.41) is 2.38. The quantitative estimate of drug-likeness (QED) is 0.261.